The molecule has 19 heteroatoms. The van der Waals surface area contributed by atoms with Gasteiger partial charge < -0.3 is 0 Å². The number of hydrogen-bond acceptors (Lipinski definition) is 0. The summed E-state index contributed by atoms with van der Waals surface area (Å²) in [7, 11) is -8.46. The molecule has 0 nitrogen and oxygen atoms in total. The third-order valence-corrected chi connectivity index (χ3v) is 95.0. The molecule has 0 heterocycles. The second-order valence-electron chi connectivity index (χ2n) is 55.4. The highest BCUT2D eigenvalue weighted by Gasteiger charge is 2.68. The molecule has 0 aromatic heterocycles. The Morgan fingerprint density at radius 3 is 0.601 bits per heavy atom. The number of benzene rings is 4. The first-order valence-corrected chi connectivity index (χ1v) is 89.3. The maximum absolute atomic E-state index is 8.08. The minimum Gasteiger partial charge on any atom is -0.167 e. The van der Waals surface area contributed by atoms with Crippen molar-refractivity contribution in [3.05, 3.63) is 121 Å². The van der Waals surface area contributed by atoms with Crippen LogP contribution in [0.15, 0.2) is 121 Å². The van der Waals surface area contributed by atoms with Crippen molar-refractivity contribution in [2.75, 3.05) is 0 Å². The van der Waals surface area contributed by atoms with Gasteiger partial charge in [-0.15, -0.1) is 66.5 Å². The maximum atomic E-state index is 8.08. The molecular weight excluding hydrogens is 2040 g/mol. The molecule has 30 rings (SSSR count). The fraction of sp³-hybridized carbons (Fsp3) is 0.798. The van der Waals surface area contributed by atoms with E-state index in [0.29, 0.717) is 16.6 Å². The van der Waals surface area contributed by atoms with E-state index in [4.69, 9.17) is 122 Å². The molecule has 4 aromatic rings. The lowest BCUT2D eigenvalue weighted by Gasteiger charge is -2.49. The molecule has 26 aliphatic carbocycles. The standard InChI is InChI=1S/C21H33ClSi.C20H27ClSi.C19H21ClSi.C15H25ClSi.C14H22Cl2Si.C13H16Cl2Si.C9H17ClSi.C8H14Cl2Si/c22-23(19-10-13-1-4-16(19)7-13,20-11-14-2-5-17(20)8-14)21-12-15-3-6-18(21)9-15;21-22(18-4-2-1-3-5-18,19-12-14-6-8-16(19)10-14)20-13-15-7-9-17(20)11-15;20-21(17-7-3-1-4-8-17,18-9-5-2-6-10-18)19-14-15-11-12-16(19)13-15;1-17(16,14-8-10-2-4-12(14)6-10)15-9-11-3-5-13(15)7-11;15-17(16,13-7-9-1-3-11(13)5-9)14-8-10-2-4-12(14)6-10;14-16(15,12-4-2-1-3-5-12)13-9-10-6-7-11(13)8-10;1-11(2,10)9-6-7-3-4-8(9)5-7;1-11(9,10)8-5-6-2-3-7(8)4-6/h13-21H,1-12H2;1-5,14-17,19-20H,6-13H2;1-10,15-16,19H,11-14H2;10-15H,2-9H2,1H3;9-14H,1-8H2;1-5,10-11,13H,6-9H2;7-9H,3-6H2,1-2H3;6-8H,2-5H2,1H3. The molecule has 26 fully saturated rings. The van der Waals surface area contributed by atoms with Crippen molar-refractivity contribution < 1.29 is 0 Å². The molecule has 26 bridgehead atoms. The quantitative estimate of drug-likeness (QED) is 0.0730. The van der Waals surface area contributed by atoms with Crippen molar-refractivity contribution in [2.45, 2.75) is 432 Å². The monoisotopic (exact) mass is 2210 g/mol. The predicted octanol–water partition coefficient (Wildman–Crippen LogP) is 38.2. The van der Waals surface area contributed by atoms with E-state index in [1.165, 1.54) is 260 Å². The summed E-state index contributed by atoms with van der Waals surface area (Å²) in [6.07, 6.45) is 76.9. The summed E-state index contributed by atoms with van der Waals surface area (Å²) in [6, 6.07) is 43.6. The molecule has 0 N–H and O–H groups in total. The van der Waals surface area contributed by atoms with E-state index in [1.54, 1.807) is 95.1 Å². The predicted molar refractivity (Wildman–Crippen MR) is 618 cm³/mol. The Hall–Kier alpha value is 1.81. The molecule has 26 saturated carbocycles. The van der Waals surface area contributed by atoms with Gasteiger partial charge in [0.1, 0.15) is 0 Å². The third kappa shape index (κ3) is 20.3. The summed E-state index contributed by atoms with van der Waals surface area (Å²) < 4.78 is 0. The molecule has 0 radical (unpaired) electrons. The van der Waals surface area contributed by atoms with E-state index >= 15 is 0 Å². The van der Waals surface area contributed by atoms with Crippen LogP contribution in [0.3, 0.4) is 0 Å². The lowest BCUT2D eigenvalue weighted by atomic mass is 9.98. The molecule has 26 aliphatic rings. The molecule has 0 spiro atoms. The molecule has 4 aromatic carbocycles. The number of halogens is 11. The zero-order valence-electron chi connectivity index (χ0n) is 85.0. The minimum atomic E-state index is -2.26. The van der Waals surface area contributed by atoms with Crippen LogP contribution >= 0.6 is 122 Å². The number of hydrogen-bond donors (Lipinski definition) is 0. The van der Waals surface area contributed by atoms with Crippen LogP contribution < -0.4 is 20.7 Å². The Morgan fingerprint density at radius 1 is 0.181 bits per heavy atom. The van der Waals surface area contributed by atoms with Crippen LogP contribution in [0.1, 0.15) is 334 Å². The van der Waals surface area contributed by atoms with E-state index in [-0.39, 0.29) is 0 Å². The highest BCUT2D eigenvalue weighted by Crippen LogP contribution is 2.75. The summed E-state index contributed by atoms with van der Waals surface area (Å²) in [5.74, 6) is 26.0. The zero-order chi connectivity index (χ0) is 94.7. The Kier molecular flexibility index (Phi) is 31.2. The van der Waals surface area contributed by atoms with Gasteiger partial charge in [-0.25, -0.2) is 0 Å². The van der Waals surface area contributed by atoms with E-state index in [0.717, 1.165) is 209 Å². The van der Waals surface area contributed by atoms with Crippen LogP contribution in [0, 0.1) is 154 Å². The first kappa shape index (κ1) is 103. The molecule has 138 heavy (non-hydrogen) atoms. The van der Waals surface area contributed by atoms with E-state index in [1.807, 2.05) is 6.07 Å². The van der Waals surface area contributed by atoms with Gasteiger partial charge in [-0.3, -0.25) is 0 Å². The van der Waals surface area contributed by atoms with Gasteiger partial charge in [0.25, 0.3) is 20.1 Å². The highest BCUT2D eigenvalue weighted by atomic mass is 35.7. The van der Waals surface area contributed by atoms with Crippen LogP contribution in [0.2, 0.25) is 98.2 Å². The third-order valence-electron chi connectivity index (χ3n) is 48.1. The molecule has 0 aliphatic heterocycles. The zero-order valence-corrected chi connectivity index (χ0v) is 101. The molecule has 39 atom stereocenters. The summed E-state index contributed by atoms with van der Waals surface area (Å²) >= 11 is 77.3. The van der Waals surface area contributed by atoms with Gasteiger partial charge >= 0.3 is 0 Å². The Morgan fingerprint density at radius 2 is 0.384 bits per heavy atom. The van der Waals surface area contributed by atoms with Gasteiger partial charge in [0.05, 0.1) is 0 Å². The Balaban J connectivity index is 0.0000000893. The van der Waals surface area contributed by atoms with Crippen molar-refractivity contribution in [1.82, 2.24) is 0 Å². The van der Waals surface area contributed by atoms with E-state index in [2.05, 4.69) is 141 Å². The summed E-state index contributed by atoms with van der Waals surface area (Å²) in [6.45, 7) is 3.18. The second kappa shape index (κ2) is 41.9. The van der Waals surface area contributed by atoms with Crippen LogP contribution in [0.25, 0.3) is 0 Å². The van der Waals surface area contributed by atoms with Crippen molar-refractivity contribution in [1.29, 1.82) is 0 Å². The van der Waals surface area contributed by atoms with Gasteiger partial charge in [-0.05, 0) is 420 Å². The van der Waals surface area contributed by atoms with Gasteiger partial charge in [-0.1, -0.05) is 308 Å². The molecular formula is C119H175Cl11Si8. The van der Waals surface area contributed by atoms with Crippen molar-refractivity contribution >= 4 is 200 Å². The van der Waals surface area contributed by atoms with Gasteiger partial charge in [-0.2, -0.15) is 55.4 Å². The van der Waals surface area contributed by atoms with Gasteiger partial charge in [0.2, 0.25) is 7.38 Å². The molecule has 0 saturated heterocycles. The fourth-order valence-electron chi connectivity index (χ4n) is 42.2. The average Bonchev–Trinajstić information content (AvgIpc) is 1.55. The van der Waals surface area contributed by atoms with Crippen LogP contribution in [0.4, 0.5) is 0 Å². The fourth-order valence-corrected chi connectivity index (χ4v) is 89.2. The SMILES string of the molecule is C[Si](C)(Cl)C1CC2CCC1C2.C[Si](Cl)(C1CC2CCC1C2)C1CC2CCC1C2.C[Si](Cl)(Cl)C1CC2CCC1C2.Cl[Si](C1CC2CCC1C2)(C1CC2CCC1C2)C1CC2CCC1C2.Cl[Si](Cl)(C1CC2CCC1C2)C1CC2CCC1C2.Cl[Si](Cl)(c1ccccc1)C1CC2CCC1C2.Cl[Si](c1ccccc1)(C1CC2CCC1C2)C1CC2CCC1C2.Cl[Si](c1ccccc1)(c1ccccc1)C1CC2CCC1C2. The summed E-state index contributed by atoms with van der Waals surface area (Å²) in [5, 5.41) is 5.58. The summed E-state index contributed by atoms with van der Waals surface area (Å²) in [5.41, 5.74) is 11.3. The van der Waals surface area contributed by atoms with Gasteiger partial charge in [0, 0.05) is 0 Å². The number of rotatable bonds is 17. The smallest absolute Gasteiger partial charge is 0.167 e. The van der Waals surface area contributed by atoms with Crippen molar-refractivity contribution in [3.8, 4) is 0 Å². The first-order chi connectivity index (χ1) is 66.4. The Bertz CT molecular complexity index is 4430. The summed E-state index contributed by atoms with van der Waals surface area (Å²) in [4.78, 5) is 0. The molecule has 39 unspecified atom stereocenters. The topological polar surface area (TPSA) is 0 Å². The largest absolute Gasteiger partial charge is 0.284 e. The number of fused-ring (bicyclic) bond motifs is 26. The maximum Gasteiger partial charge on any atom is 0.284 e. The minimum absolute atomic E-state index is 0.594. The van der Waals surface area contributed by atoms with Gasteiger partial charge in [0.15, 0.2) is 29.5 Å². The van der Waals surface area contributed by atoms with Crippen LogP contribution in [-0.2, 0) is 0 Å². The highest BCUT2D eigenvalue weighted by molar-refractivity contribution is 7.51. The average molecular weight is 2220 g/mol. The van der Waals surface area contributed by atoms with Crippen LogP contribution in [0.5, 0.6) is 0 Å². The lowest BCUT2D eigenvalue weighted by Crippen LogP contribution is -2.58. The Labute approximate surface area is 897 Å². The van der Waals surface area contributed by atoms with Crippen molar-refractivity contribution in [3.63, 3.8) is 0 Å². The lowest BCUT2D eigenvalue weighted by molar-refractivity contribution is 0.400. The normalized spacial score (nSPS) is 45.4. The molecule has 760 valence electrons. The van der Waals surface area contributed by atoms with Crippen LogP contribution in [-0.4, -0.2) is 57.0 Å². The molecule has 0 amide bonds. The first-order valence-electron chi connectivity index (χ1n) is 59.2. The van der Waals surface area contributed by atoms with E-state index < -0.39 is 57.0 Å². The van der Waals surface area contributed by atoms with E-state index in [9.17, 15) is 0 Å². The van der Waals surface area contributed by atoms with Crippen molar-refractivity contribution in [2.24, 2.45) is 154 Å². The second-order valence-corrected chi connectivity index (χ2v) is 107.